The topological polar surface area (TPSA) is 30.7 Å². The summed E-state index contributed by atoms with van der Waals surface area (Å²) in [5.41, 5.74) is 2.43. The molecule has 0 aliphatic rings. The molecule has 0 N–H and O–H groups in total. The highest BCUT2D eigenvalue weighted by atomic mass is 19.1. The van der Waals surface area contributed by atoms with Gasteiger partial charge in [0.05, 0.1) is 17.4 Å². The fourth-order valence-electron chi connectivity index (χ4n) is 1.70. The average Bonchev–Trinajstić information content (AvgIpc) is 2.96. The first kappa shape index (κ1) is 12.1. The Balaban J connectivity index is 1.84. The first-order valence-electron chi connectivity index (χ1n) is 6.04. The highest BCUT2D eigenvalue weighted by molar-refractivity contribution is 5.41. The zero-order valence-electron chi connectivity index (χ0n) is 10.5. The van der Waals surface area contributed by atoms with Crippen molar-refractivity contribution in [2.45, 2.75) is 0 Å². The van der Waals surface area contributed by atoms with Gasteiger partial charge < -0.3 is 0 Å². The molecule has 20 heavy (non-hydrogen) atoms. The van der Waals surface area contributed by atoms with Crippen LogP contribution in [0.15, 0.2) is 61.2 Å². The Morgan fingerprint density at radius 3 is 2.50 bits per heavy atom. The standard InChI is InChI=1S/C16H10FN3/c17-15-5-7-16(8-6-15)20-12-14(11-19-20)4-3-13-2-1-9-18-10-13/h1-2,5-12H. The average molecular weight is 263 g/mol. The third kappa shape index (κ3) is 2.73. The van der Waals surface area contributed by atoms with Crippen LogP contribution in [0, 0.1) is 17.7 Å². The lowest BCUT2D eigenvalue weighted by Crippen LogP contribution is -1.93. The maximum absolute atomic E-state index is 12.9. The molecule has 0 spiro atoms. The number of rotatable bonds is 1. The smallest absolute Gasteiger partial charge is 0.123 e. The van der Waals surface area contributed by atoms with Gasteiger partial charge in [-0.05, 0) is 36.4 Å². The predicted molar refractivity (Wildman–Crippen MR) is 73.7 cm³/mol. The third-order valence-electron chi connectivity index (χ3n) is 2.69. The van der Waals surface area contributed by atoms with Crippen LogP contribution in [0.3, 0.4) is 0 Å². The van der Waals surface area contributed by atoms with E-state index in [2.05, 4.69) is 21.9 Å². The van der Waals surface area contributed by atoms with Gasteiger partial charge in [0, 0.05) is 24.2 Å². The number of hydrogen-bond acceptors (Lipinski definition) is 2. The van der Waals surface area contributed by atoms with E-state index in [0.29, 0.717) is 0 Å². The number of hydrogen-bond donors (Lipinski definition) is 0. The molecule has 0 radical (unpaired) electrons. The molecule has 0 amide bonds. The minimum absolute atomic E-state index is 0.266. The maximum atomic E-state index is 12.9. The lowest BCUT2D eigenvalue weighted by atomic mass is 10.2. The number of nitrogens with zero attached hydrogens (tertiary/aromatic N) is 3. The predicted octanol–water partition coefficient (Wildman–Crippen LogP) is 2.81. The van der Waals surface area contributed by atoms with Gasteiger partial charge in [0.25, 0.3) is 0 Å². The van der Waals surface area contributed by atoms with Crippen molar-refractivity contribution in [2.75, 3.05) is 0 Å². The van der Waals surface area contributed by atoms with Gasteiger partial charge in [0.1, 0.15) is 5.82 Å². The van der Waals surface area contributed by atoms with Crippen molar-refractivity contribution in [3.8, 4) is 17.5 Å². The molecule has 1 aromatic carbocycles. The zero-order valence-corrected chi connectivity index (χ0v) is 10.5. The van der Waals surface area contributed by atoms with Crippen LogP contribution >= 0.6 is 0 Å². The fraction of sp³-hybridized carbons (Fsp3) is 0. The van der Waals surface area contributed by atoms with Crippen molar-refractivity contribution < 1.29 is 4.39 Å². The Hall–Kier alpha value is -2.93. The van der Waals surface area contributed by atoms with Gasteiger partial charge in [-0.25, -0.2) is 9.07 Å². The summed E-state index contributed by atoms with van der Waals surface area (Å²) >= 11 is 0. The van der Waals surface area contributed by atoms with Gasteiger partial charge in [-0.1, -0.05) is 11.8 Å². The molecule has 4 heteroatoms. The number of benzene rings is 1. The van der Waals surface area contributed by atoms with Crippen LogP contribution in [-0.4, -0.2) is 14.8 Å². The first-order valence-corrected chi connectivity index (χ1v) is 6.04. The normalized spacial score (nSPS) is 9.85. The second-order valence-corrected chi connectivity index (χ2v) is 4.14. The molecule has 0 saturated heterocycles. The van der Waals surface area contributed by atoms with E-state index >= 15 is 0 Å². The Labute approximate surface area is 115 Å². The highest BCUT2D eigenvalue weighted by Gasteiger charge is 1.99. The Morgan fingerprint density at radius 1 is 0.950 bits per heavy atom. The molecule has 0 aliphatic heterocycles. The molecule has 3 nitrogen and oxygen atoms in total. The molecule has 0 saturated carbocycles. The number of aromatic nitrogens is 3. The van der Waals surface area contributed by atoms with E-state index in [-0.39, 0.29) is 5.82 Å². The van der Waals surface area contributed by atoms with Crippen LogP contribution < -0.4 is 0 Å². The van der Waals surface area contributed by atoms with Gasteiger partial charge in [0.2, 0.25) is 0 Å². The van der Waals surface area contributed by atoms with Crippen molar-refractivity contribution in [3.05, 3.63) is 78.1 Å². The number of pyridine rings is 1. The molecule has 3 rings (SSSR count). The Bertz CT molecular complexity index is 765. The maximum Gasteiger partial charge on any atom is 0.123 e. The molecule has 0 fully saturated rings. The zero-order chi connectivity index (χ0) is 13.8. The van der Waals surface area contributed by atoms with Gasteiger partial charge in [-0.3, -0.25) is 4.98 Å². The van der Waals surface area contributed by atoms with Crippen LogP contribution in [0.4, 0.5) is 4.39 Å². The molecule has 0 aliphatic carbocycles. The third-order valence-corrected chi connectivity index (χ3v) is 2.69. The summed E-state index contributed by atoms with van der Waals surface area (Å²) in [4.78, 5) is 4.00. The van der Waals surface area contributed by atoms with Crippen molar-refractivity contribution in [1.29, 1.82) is 0 Å². The van der Waals surface area contributed by atoms with Gasteiger partial charge in [-0.2, -0.15) is 5.10 Å². The van der Waals surface area contributed by atoms with Crippen LogP contribution in [0.1, 0.15) is 11.1 Å². The second-order valence-electron chi connectivity index (χ2n) is 4.14. The molecule has 0 unspecified atom stereocenters. The first-order chi connectivity index (χ1) is 9.81. The van der Waals surface area contributed by atoms with E-state index in [9.17, 15) is 4.39 Å². The van der Waals surface area contributed by atoms with Crippen LogP contribution in [0.25, 0.3) is 5.69 Å². The van der Waals surface area contributed by atoms with E-state index in [0.717, 1.165) is 16.8 Å². The van der Waals surface area contributed by atoms with Gasteiger partial charge in [0.15, 0.2) is 0 Å². The molecule has 0 atom stereocenters. The molecule has 2 heterocycles. The lowest BCUT2D eigenvalue weighted by Gasteiger charge is -1.99. The molecule has 96 valence electrons. The molecular weight excluding hydrogens is 253 g/mol. The van der Waals surface area contributed by atoms with Gasteiger partial charge in [-0.15, -0.1) is 0 Å². The summed E-state index contributed by atoms with van der Waals surface area (Å²) < 4.78 is 14.5. The van der Waals surface area contributed by atoms with Gasteiger partial charge >= 0.3 is 0 Å². The monoisotopic (exact) mass is 263 g/mol. The quantitative estimate of drug-likeness (QED) is 0.632. The van der Waals surface area contributed by atoms with E-state index in [1.807, 2.05) is 12.1 Å². The van der Waals surface area contributed by atoms with E-state index in [1.165, 1.54) is 12.1 Å². The highest BCUT2D eigenvalue weighted by Crippen LogP contribution is 2.09. The van der Waals surface area contributed by atoms with Crippen LogP contribution in [0.5, 0.6) is 0 Å². The minimum Gasteiger partial charge on any atom is -0.263 e. The van der Waals surface area contributed by atoms with Crippen molar-refractivity contribution in [1.82, 2.24) is 14.8 Å². The van der Waals surface area contributed by atoms with Crippen LogP contribution in [-0.2, 0) is 0 Å². The number of halogens is 1. The Morgan fingerprint density at radius 2 is 1.75 bits per heavy atom. The fourth-order valence-corrected chi connectivity index (χ4v) is 1.70. The summed E-state index contributed by atoms with van der Waals surface area (Å²) in [7, 11) is 0. The largest absolute Gasteiger partial charge is 0.263 e. The van der Waals surface area contributed by atoms with E-state index < -0.39 is 0 Å². The molecule has 0 bridgehead atoms. The van der Waals surface area contributed by atoms with E-state index in [1.54, 1.807) is 41.6 Å². The summed E-state index contributed by atoms with van der Waals surface area (Å²) in [5, 5.41) is 4.20. The molecule has 2 aromatic heterocycles. The molecular formula is C16H10FN3. The van der Waals surface area contributed by atoms with Crippen molar-refractivity contribution in [3.63, 3.8) is 0 Å². The Kier molecular flexibility index (Phi) is 3.25. The SMILES string of the molecule is Fc1ccc(-n2cc(C#Cc3cccnc3)cn2)cc1. The summed E-state index contributed by atoms with van der Waals surface area (Å²) in [5.74, 6) is 5.76. The molecule has 3 aromatic rings. The minimum atomic E-state index is -0.266. The van der Waals surface area contributed by atoms with Crippen molar-refractivity contribution >= 4 is 0 Å². The summed E-state index contributed by atoms with van der Waals surface area (Å²) in [6.45, 7) is 0. The summed E-state index contributed by atoms with van der Waals surface area (Å²) in [6.07, 6.45) is 6.89. The summed E-state index contributed by atoms with van der Waals surface area (Å²) in [6, 6.07) is 9.87. The lowest BCUT2D eigenvalue weighted by molar-refractivity contribution is 0.627. The van der Waals surface area contributed by atoms with E-state index in [4.69, 9.17) is 0 Å². The van der Waals surface area contributed by atoms with Crippen molar-refractivity contribution in [2.24, 2.45) is 0 Å². The van der Waals surface area contributed by atoms with Crippen LogP contribution in [0.2, 0.25) is 0 Å². The second kappa shape index (κ2) is 5.37.